The third-order valence-corrected chi connectivity index (χ3v) is 5.34. The van der Waals surface area contributed by atoms with Gasteiger partial charge in [0.15, 0.2) is 6.29 Å². The summed E-state index contributed by atoms with van der Waals surface area (Å²) in [6.07, 6.45) is 13.5. The van der Waals surface area contributed by atoms with Crippen LogP contribution in [0.25, 0.3) is 0 Å². The van der Waals surface area contributed by atoms with E-state index in [-0.39, 0.29) is 0 Å². The van der Waals surface area contributed by atoms with Crippen molar-refractivity contribution in [2.24, 2.45) is 0 Å². The fraction of sp³-hybridized carbons (Fsp3) is 0.562. The second-order valence-corrected chi connectivity index (χ2v) is 7.19. The average Bonchev–Trinajstić information content (AvgIpc) is 2.89. The fourth-order valence-electron chi connectivity index (χ4n) is 1.92. The summed E-state index contributed by atoms with van der Waals surface area (Å²) in [5.41, 5.74) is 0. The Morgan fingerprint density at radius 2 is 1.74 bits per heavy atom. The van der Waals surface area contributed by atoms with Gasteiger partial charge in [-0.15, -0.1) is 29.7 Å². The number of allylic oxidation sites excluding steroid dienone is 1. The van der Waals surface area contributed by atoms with Crippen molar-refractivity contribution in [1.82, 2.24) is 0 Å². The molecule has 19 heavy (non-hydrogen) atoms. The zero-order chi connectivity index (χ0) is 13.8. The predicted molar refractivity (Wildman–Crippen MR) is 87.6 cm³/mol. The Kier molecular flexibility index (Phi) is 9.82. The normalized spacial score (nSPS) is 10.5. The molecule has 106 valence electrons. The lowest BCUT2D eigenvalue weighted by Gasteiger charge is -2.01. The fourth-order valence-corrected chi connectivity index (χ4v) is 3.96. The van der Waals surface area contributed by atoms with Gasteiger partial charge < -0.3 is 0 Å². The van der Waals surface area contributed by atoms with Crippen molar-refractivity contribution in [1.29, 1.82) is 0 Å². The Bertz CT molecular complexity index is 357. The molecule has 0 bridgehead atoms. The number of unbranched alkanes of at least 4 members (excludes halogenated alkanes) is 7. The third-order valence-electron chi connectivity index (χ3n) is 3.02. The van der Waals surface area contributed by atoms with Gasteiger partial charge in [0.1, 0.15) is 0 Å². The molecule has 0 amide bonds. The van der Waals surface area contributed by atoms with E-state index in [1.807, 2.05) is 23.9 Å². The highest BCUT2D eigenvalue weighted by Crippen LogP contribution is 2.27. The van der Waals surface area contributed by atoms with Crippen molar-refractivity contribution in [2.45, 2.75) is 55.6 Å². The average molecular weight is 297 g/mol. The van der Waals surface area contributed by atoms with E-state index in [2.05, 4.69) is 12.6 Å². The molecule has 1 nitrogen and oxygen atoms in total. The van der Waals surface area contributed by atoms with Crippen molar-refractivity contribution in [3.8, 4) is 0 Å². The van der Waals surface area contributed by atoms with Crippen LogP contribution in [0.2, 0.25) is 0 Å². The molecule has 0 saturated carbocycles. The Hall–Kier alpha value is -0.540. The zero-order valence-corrected chi connectivity index (χ0v) is 13.2. The number of thioether (sulfide) groups is 1. The Balaban J connectivity index is 1.88. The summed E-state index contributed by atoms with van der Waals surface area (Å²) in [7, 11) is 0. The van der Waals surface area contributed by atoms with Crippen LogP contribution in [-0.2, 0) is 0 Å². The molecule has 1 heterocycles. The summed E-state index contributed by atoms with van der Waals surface area (Å²) < 4.78 is 1.27. The Morgan fingerprint density at radius 3 is 2.37 bits per heavy atom. The number of hydrogen-bond acceptors (Lipinski definition) is 3. The second kappa shape index (κ2) is 11.3. The lowest BCUT2D eigenvalue weighted by Crippen LogP contribution is -1.82. The van der Waals surface area contributed by atoms with Gasteiger partial charge in [0.05, 0.1) is 9.09 Å². The smallest absolute Gasteiger partial charge is 0.160 e. The lowest BCUT2D eigenvalue weighted by molar-refractivity contribution is 0.112. The SMILES string of the molecule is C=CCCCCCCCCCSc1ccc(C=O)s1. The largest absolute Gasteiger partial charge is 0.297 e. The molecule has 0 aliphatic heterocycles. The van der Waals surface area contributed by atoms with Crippen LogP contribution in [0, 0.1) is 0 Å². The second-order valence-electron chi connectivity index (χ2n) is 4.68. The summed E-state index contributed by atoms with van der Waals surface area (Å²) in [4.78, 5) is 11.4. The van der Waals surface area contributed by atoms with Crippen molar-refractivity contribution in [2.75, 3.05) is 5.75 Å². The molecule has 0 aliphatic rings. The maximum absolute atomic E-state index is 10.6. The van der Waals surface area contributed by atoms with E-state index in [9.17, 15) is 4.79 Å². The first kappa shape index (κ1) is 16.5. The number of rotatable bonds is 12. The first-order valence-corrected chi connectivity index (χ1v) is 8.95. The quantitative estimate of drug-likeness (QED) is 0.205. The number of carbonyl (C=O) groups excluding carboxylic acids is 1. The minimum absolute atomic E-state index is 0.835. The van der Waals surface area contributed by atoms with Crippen molar-refractivity contribution in [3.63, 3.8) is 0 Å². The minimum Gasteiger partial charge on any atom is -0.297 e. The van der Waals surface area contributed by atoms with Crippen LogP contribution in [0.1, 0.15) is 61.0 Å². The highest BCUT2D eigenvalue weighted by Gasteiger charge is 1.99. The van der Waals surface area contributed by atoms with Crippen LogP contribution in [-0.4, -0.2) is 12.0 Å². The number of carbonyl (C=O) groups is 1. The summed E-state index contributed by atoms with van der Waals surface area (Å²) in [6, 6.07) is 3.96. The van der Waals surface area contributed by atoms with Crippen LogP contribution in [0.4, 0.5) is 0 Å². The van der Waals surface area contributed by atoms with Gasteiger partial charge >= 0.3 is 0 Å². The molecule has 0 unspecified atom stereocenters. The van der Waals surface area contributed by atoms with Crippen LogP contribution in [0.3, 0.4) is 0 Å². The molecule has 3 heteroatoms. The molecule has 0 aliphatic carbocycles. The number of aldehydes is 1. The van der Waals surface area contributed by atoms with Crippen molar-refractivity contribution >= 4 is 29.4 Å². The Morgan fingerprint density at radius 1 is 1.05 bits per heavy atom. The number of thiophene rings is 1. The van der Waals surface area contributed by atoms with Gasteiger partial charge in [0, 0.05) is 0 Å². The van der Waals surface area contributed by atoms with Gasteiger partial charge in [-0.25, -0.2) is 0 Å². The van der Waals surface area contributed by atoms with E-state index in [0.717, 1.165) is 11.2 Å². The lowest BCUT2D eigenvalue weighted by atomic mass is 10.1. The molecule has 0 fully saturated rings. The summed E-state index contributed by atoms with van der Waals surface area (Å²) >= 11 is 3.48. The molecule has 0 spiro atoms. The minimum atomic E-state index is 0.835. The van der Waals surface area contributed by atoms with Gasteiger partial charge in [-0.05, 0) is 37.1 Å². The first-order chi connectivity index (χ1) is 9.36. The monoisotopic (exact) mass is 296 g/mol. The van der Waals surface area contributed by atoms with Gasteiger partial charge in [0.2, 0.25) is 0 Å². The van der Waals surface area contributed by atoms with E-state index in [0.29, 0.717) is 0 Å². The maximum atomic E-state index is 10.6. The zero-order valence-electron chi connectivity index (χ0n) is 11.6. The summed E-state index contributed by atoms with van der Waals surface area (Å²) in [6.45, 7) is 3.74. The molecule has 1 aromatic heterocycles. The van der Waals surface area contributed by atoms with Crippen LogP contribution in [0.15, 0.2) is 29.0 Å². The first-order valence-electron chi connectivity index (χ1n) is 7.15. The topological polar surface area (TPSA) is 17.1 Å². The van der Waals surface area contributed by atoms with E-state index in [4.69, 9.17) is 0 Å². The highest BCUT2D eigenvalue weighted by atomic mass is 32.2. The van der Waals surface area contributed by atoms with Crippen LogP contribution in [0.5, 0.6) is 0 Å². The predicted octanol–water partition coefficient (Wildman–Crippen LogP) is 5.96. The van der Waals surface area contributed by atoms with Gasteiger partial charge in [-0.3, -0.25) is 4.79 Å². The molecular weight excluding hydrogens is 272 g/mol. The van der Waals surface area contributed by atoms with E-state index >= 15 is 0 Å². The molecule has 0 saturated heterocycles. The maximum Gasteiger partial charge on any atom is 0.160 e. The van der Waals surface area contributed by atoms with Crippen molar-refractivity contribution < 1.29 is 4.79 Å². The highest BCUT2D eigenvalue weighted by molar-refractivity contribution is 8.01. The molecule has 0 atom stereocenters. The number of hydrogen-bond donors (Lipinski definition) is 0. The summed E-state index contributed by atoms with van der Waals surface area (Å²) in [5.74, 6) is 1.18. The van der Waals surface area contributed by atoms with Gasteiger partial charge in [-0.2, -0.15) is 0 Å². The molecular formula is C16H24OS2. The molecule has 1 rings (SSSR count). The van der Waals surface area contributed by atoms with Crippen molar-refractivity contribution in [3.05, 3.63) is 29.7 Å². The third kappa shape index (κ3) is 8.27. The molecule has 0 aromatic carbocycles. The van der Waals surface area contributed by atoms with Gasteiger partial charge in [-0.1, -0.05) is 38.2 Å². The van der Waals surface area contributed by atoms with Crippen LogP contribution < -0.4 is 0 Å². The summed E-state index contributed by atoms with van der Waals surface area (Å²) in [5, 5.41) is 0. The molecule has 1 aromatic rings. The van der Waals surface area contributed by atoms with E-state index < -0.39 is 0 Å². The van der Waals surface area contributed by atoms with Gasteiger partial charge in [0.25, 0.3) is 0 Å². The standard InChI is InChI=1S/C16H24OS2/c1-2-3-4-5-6-7-8-9-10-13-18-16-12-11-15(14-17)19-16/h2,11-12,14H,1,3-10,13H2. The molecule has 0 N–H and O–H groups in total. The van der Waals surface area contributed by atoms with E-state index in [1.54, 1.807) is 11.3 Å². The van der Waals surface area contributed by atoms with Crippen LogP contribution >= 0.6 is 23.1 Å². The Labute approximate surface area is 125 Å². The van der Waals surface area contributed by atoms with E-state index in [1.165, 1.54) is 61.3 Å². The molecule has 0 radical (unpaired) electrons.